The van der Waals surface area contributed by atoms with Crippen LogP contribution in [0.15, 0.2) is 11.5 Å². The summed E-state index contributed by atoms with van der Waals surface area (Å²) in [6.07, 6.45) is -2.94. The molecule has 1 aliphatic heterocycles. The van der Waals surface area contributed by atoms with Crippen LogP contribution in [-0.2, 0) is 9.84 Å². The Morgan fingerprint density at radius 2 is 2.12 bits per heavy atom. The smallest absolute Gasteiger partial charge is 0.307 e. The van der Waals surface area contributed by atoms with Crippen LogP contribution in [0.5, 0.6) is 0 Å². The van der Waals surface area contributed by atoms with Gasteiger partial charge in [-0.3, -0.25) is 0 Å². The van der Waals surface area contributed by atoms with Crippen molar-refractivity contribution in [2.24, 2.45) is 0 Å². The molecule has 100 valence electrons. The Bertz CT molecular complexity index is 376. The molecule has 1 rings (SSSR count). The standard InChI is InChI=1S/C10H16F3NO2S/c1-8(3-2-5-10(11,12)13)14-9-4-6-17(15,16)7-9/h4,6,8-9,14H,2-3,5,7H2,1H3. The van der Waals surface area contributed by atoms with Crippen molar-refractivity contribution in [2.75, 3.05) is 5.75 Å². The largest absolute Gasteiger partial charge is 0.389 e. The lowest BCUT2D eigenvalue weighted by atomic mass is 10.1. The molecule has 17 heavy (non-hydrogen) atoms. The lowest BCUT2D eigenvalue weighted by molar-refractivity contribution is -0.135. The van der Waals surface area contributed by atoms with E-state index in [1.807, 2.05) is 0 Å². The maximum absolute atomic E-state index is 11.9. The molecule has 0 saturated carbocycles. The Balaban J connectivity index is 2.23. The van der Waals surface area contributed by atoms with Gasteiger partial charge in [-0.1, -0.05) is 6.08 Å². The van der Waals surface area contributed by atoms with Gasteiger partial charge in [0.05, 0.1) is 5.75 Å². The average molecular weight is 271 g/mol. The summed E-state index contributed by atoms with van der Waals surface area (Å²) < 4.78 is 57.9. The van der Waals surface area contributed by atoms with Crippen molar-refractivity contribution in [3.8, 4) is 0 Å². The highest BCUT2D eigenvalue weighted by molar-refractivity contribution is 7.94. The molecule has 0 spiro atoms. The summed E-state index contributed by atoms with van der Waals surface area (Å²) in [5.41, 5.74) is 0. The molecule has 1 heterocycles. The van der Waals surface area contributed by atoms with Crippen LogP contribution in [0.1, 0.15) is 26.2 Å². The first kappa shape index (κ1) is 14.5. The maximum atomic E-state index is 11.9. The Morgan fingerprint density at radius 1 is 1.47 bits per heavy atom. The highest BCUT2D eigenvalue weighted by Gasteiger charge is 2.27. The van der Waals surface area contributed by atoms with E-state index in [0.29, 0.717) is 6.42 Å². The van der Waals surface area contributed by atoms with Crippen LogP contribution in [-0.4, -0.2) is 32.4 Å². The van der Waals surface area contributed by atoms with Gasteiger partial charge in [-0.25, -0.2) is 8.42 Å². The Morgan fingerprint density at radius 3 is 2.59 bits per heavy atom. The fourth-order valence-corrected chi connectivity index (χ4v) is 2.99. The van der Waals surface area contributed by atoms with Crippen LogP contribution in [0.4, 0.5) is 13.2 Å². The van der Waals surface area contributed by atoms with E-state index in [1.54, 1.807) is 6.92 Å². The number of rotatable bonds is 5. The number of sulfone groups is 1. The molecular weight excluding hydrogens is 255 g/mol. The first-order valence-corrected chi connectivity index (χ1v) is 7.13. The topological polar surface area (TPSA) is 46.2 Å². The SMILES string of the molecule is CC(CCCC(F)(F)F)NC1C=CS(=O)(=O)C1. The Kier molecular flexibility index (Phi) is 4.60. The third-order valence-electron chi connectivity index (χ3n) is 2.53. The van der Waals surface area contributed by atoms with E-state index in [2.05, 4.69) is 5.32 Å². The predicted molar refractivity (Wildman–Crippen MR) is 59.2 cm³/mol. The Labute approximate surface area is 99.0 Å². The minimum absolute atomic E-state index is 0.00336. The lowest BCUT2D eigenvalue weighted by Crippen LogP contribution is -2.37. The minimum atomic E-state index is -4.11. The average Bonchev–Trinajstić information content (AvgIpc) is 2.42. The van der Waals surface area contributed by atoms with Crippen molar-refractivity contribution in [3.05, 3.63) is 11.5 Å². The quantitative estimate of drug-likeness (QED) is 0.832. The molecule has 0 aromatic heterocycles. The molecule has 3 nitrogen and oxygen atoms in total. The number of halogens is 3. The third-order valence-corrected chi connectivity index (χ3v) is 3.92. The molecule has 0 aliphatic carbocycles. The molecule has 2 atom stereocenters. The normalized spacial score (nSPS) is 25.1. The van der Waals surface area contributed by atoms with Crippen LogP contribution in [0, 0.1) is 0 Å². The second-order valence-corrected chi connectivity index (χ2v) is 6.27. The summed E-state index contributed by atoms with van der Waals surface area (Å²) in [4.78, 5) is 0. The van der Waals surface area contributed by atoms with Crippen molar-refractivity contribution in [3.63, 3.8) is 0 Å². The van der Waals surface area contributed by atoms with Crippen LogP contribution >= 0.6 is 0 Å². The van der Waals surface area contributed by atoms with E-state index in [1.165, 1.54) is 6.08 Å². The van der Waals surface area contributed by atoms with Gasteiger partial charge in [0.15, 0.2) is 9.84 Å². The number of hydrogen-bond donors (Lipinski definition) is 1. The fourth-order valence-electron chi connectivity index (χ4n) is 1.74. The van der Waals surface area contributed by atoms with Gasteiger partial charge in [0.1, 0.15) is 0 Å². The van der Waals surface area contributed by atoms with Gasteiger partial charge in [0.25, 0.3) is 0 Å². The molecule has 1 N–H and O–H groups in total. The van der Waals surface area contributed by atoms with Gasteiger partial charge in [-0.05, 0) is 19.8 Å². The molecule has 0 aromatic rings. The van der Waals surface area contributed by atoms with E-state index in [9.17, 15) is 21.6 Å². The molecule has 0 radical (unpaired) electrons. The van der Waals surface area contributed by atoms with E-state index in [0.717, 1.165) is 5.41 Å². The number of alkyl halides is 3. The zero-order chi connectivity index (χ0) is 13.1. The van der Waals surface area contributed by atoms with Gasteiger partial charge in [-0.15, -0.1) is 0 Å². The van der Waals surface area contributed by atoms with Gasteiger partial charge in [0, 0.05) is 23.9 Å². The highest BCUT2D eigenvalue weighted by Crippen LogP contribution is 2.22. The fraction of sp³-hybridized carbons (Fsp3) is 0.800. The van der Waals surface area contributed by atoms with Crippen molar-refractivity contribution in [2.45, 2.75) is 44.4 Å². The lowest BCUT2D eigenvalue weighted by Gasteiger charge is -2.17. The second-order valence-electron chi connectivity index (χ2n) is 4.34. The molecular formula is C10H16F3NO2S. The first-order valence-electron chi connectivity index (χ1n) is 5.42. The third kappa shape index (κ3) is 6.07. The first-order chi connectivity index (χ1) is 7.68. The van der Waals surface area contributed by atoms with Crippen LogP contribution < -0.4 is 5.32 Å². The van der Waals surface area contributed by atoms with Crippen molar-refractivity contribution in [1.29, 1.82) is 0 Å². The van der Waals surface area contributed by atoms with Crippen molar-refractivity contribution >= 4 is 9.84 Å². The zero-order valence-corrected chi connectivity index (χ0v) is 10.3. The molecule has 0 saturated heterocycles. The van der Waals surface area contributed by atoms with Gasteiger partial charge < -0.3 is 5.32 Å². The van der Waals surface area contributed by atoms with Gasteiger partial charge in [-0.2, -0.15) is 13.2 Å². The zero-order valence-electron chi connectivity index (χ0n) is 9.50. The summed E-state index contributed by atoms with van der Waals surface area (Å²) in [6.45, 7) is 1.76. The van der Waals surface area contributed by atoms with E-state index < -0.39 is 22.4 Å². The van der Waals surface area contributed by atoms with E-state index in [4.69, 9.17) is 0 Å². The van der Waals surface area contributed by atoms with E-state index >= 15 is 0 Å². The van der Waals surface area contributed by atoms with Crippen molar-refractivity contribution in [1.82, 2.24) is 5.32 Å². The molecule has 7 heteroatoms. The molecule has 0 bridgehead atoms. The predicted octanol–water partition coefficient (Wildman–Crippen LogP) is 2.01. The molecule has 1 aliphatic rings. The number of hydrogen-bond acceptors (Lipinski definition) is 3. The molecule has 2 unspecified atom stereocenters. The second kappa shape index (κ2) is 5.39. The minimum Gasteiger partial charge on any atom is -0.307 e. The van der Waals surface area contributed by atoms with Crippen LogP contribution in [0.2, 0.25) is 0 Å². The number of nitrogens with one attached hydrogen (secondary N) is 1. The maximum Gasteiger partial charge on any atom is 0.389 e. The highest BCUT2D eigenvalue weighted by atomic mass is 32.2. The van der Waals surface area contributed by atoms with Gasteiger partial charge >= 0.3 is 6.18 Å². The molecule has 0 aromatic carbocycles. The molecule has 0 fully saturated rings. The summed E-state index contributed by atoms with van der Waals surface area (Å²) in [7, 11) is -3.11. The summed E-state index contributed by atoms with van der Waals surface area (Å²) in [5.74, 6) is -0.00336. The summed E-state index contributed by atoms with van der Waals surface area (Å²) in [5, 5.41) is 4.13. The Hall–Kier alpha value is -0.560. The monoisotopic (exact) mass is 271 g/mol. The van der Waals surface area contributed by atoms with Gasteiger partial charge in [0.2, 0.25) is 0 Å². The van der Waals surface area contributed by atoms with E-state index in [-0.39, 0.29) is 24.3 Å². The van der Waals surface area contributed by atoms with Crippen LogP contribution in [0.25, 0.3) is 0 Å². The molecule has 0 amide bonds. The summed E-state index contributed by atoms with van der Waals surface area (Å²) >= 11 is 0. The van der Waals surface area contributed by atoms with Crippen LogP contribution in [0.3, 0.4) is 0 Å². The summed E-state index contributed by atoms with van der Waals surface area (Å²) in [6, 6.07) is -0.402. The van der Waals surface area contributed by atoms with Crippen molar-refractivity contribution < 1.29 is 21.6 Å².